The second kappa shape index (κ2) is 6.24. The van der Waals surface area contributed by atoms with Crippen LogP contribution >= 0.6 is 22.9 Å². The SMILES string of the molecule is Cc1c(Cl)cccc1C(=O)NC(C)c1nc(C(=O)O)cs1. The molecule has 1 heterocycles. The van der Waals surface area contributed by atoms with Crippen LogP contribution in [0.3, 0.4) is 0 Å². The van der Waals surface area contributed by atoms with Gasteiger partial charge in [-0.25, -0.2) is 9.78 Å². The second-order valence-corrected chi connectivity index (χ2v) is 5.78. The fraction of sp³-hybridized carbons (Fsp3) is 0.214. The van der Waals surface area contributed by atoms with E-state index in [1.807, 2.05) is 0 Å². The molecular weight excluding hydrogens is 312 g/mol. The van der Waals surface area contributed by atoms with Gasteiger partial charge in [0.2, 0.25) is 0 Å². The number of hydrogen-bond acceptors (Lipinski definition) is 4. The summed E-state index contributed by atoms with van der Waals surface area (Å²) in [5.41, 5.74) is 1.17. The Morgan fingerprint density at radius 1 is 1.43 bits per heavy atom. The van der Waals surface area contributed by atoms with Gasteiger partial charge in [-0.2, -0.15) is 0 Å². The maximum Gasteiger partial charge on any atom is 0.355 e. The van der Waals surface area contributed by atoms with Gasteiger partial charge < -0.3 is 10.4 Å². The van der Waals surface area contributed by atoms with Gasteiger partial charge in [-0.05, 0) is 31.5 Å². The lowest BCUT2D eigenvalue weighted by Gasteiger charge is -2.13. The van der Waals surface area contributed by atoms with Crippen LogP contribution in [0.15, 0.2) is 23.6 Å². The molecule has 0 fully saturated rings. The van der Waals surface area contributed by atoms with E-state index in [2.05, 4.69) is 10.3 Å². The van der Waals surface area contributed by atoms with Crippen LogP contribution in [0.4, 0.5) is 0 Å². The van der Waals surface area contributed by atoms with Crippen LogP contribution in [-0.4, -0.2) is 22.0 Å². The van der Waals surface area contributed by atoms with Crippen LogP contribution in [0, 0.1) is 6.92 Å². The number of thiazole rings is 1. The average Bonchev–Trinajstić information content (AvgIpc) is 2.91. The highest BCUT2D eigenvalue weighted by Gasteiger charge is 2.18. The number of aromatic carboxylic acids is 1. The predicted molar refractivity (Wildman–Crippen MR) is 81.1 cm³/mol. The molecule has 1 unspecified atom stereocenters. The summed E-state index contributed by atoms with van der Waals surface area (Å²) in [5, 5.41) is 14.2. The highest BCUT2D eigenvalue weighted by Crippen LogP contribution is 2.21. The molecule has 0 saturated carbocycles. The summed E-state index contributed by atoms with van der Waals surface area (Å²) >= 11 is 7.19. The van der Waals surface area contributed by atoms with E-state index in [4.69, 9.17) is 16.7 Å². The van der Waals surface area contributed by atoms with Crippen LogP contribution in [0.25, 0.3) is 0 Å². The first-order valence-corrected chi connectivity index (χ1v) is 7.40. The zero-order chi connectivity index (χ0) is 15.6. The normalized spacial score (nSPS) is 12.0. The van der Waals surface area contributed by atoms with Crippen molar-refractivity contribution in [2.24, 2.45) is 0 Å². The van der Waals surface area contributed by atoms with E-state index < -0.39 is 5.97 Å². The Hall–Kier alpha value is -1.92. The summed E-state index contributed by atoms with van der Waals surface area (Å²) in [6.07, 6.45) is 0. The van der Waals surface area contributed by atoms with Crippen LogP contribution in [0.1, 0.15) is 44.4 Å². The zero-order valence-corrected chi connectivity index (χ0v) is 13.0. The number of carboxylic acids is 1. The highest BCUT2D eigenvalue weighted by atomic mass is 35.5. The lowest BCUT2D eigenvalue weighted by Crippen LogP contribution is -2.27. The fourth-order valence-electron chi connectivity index (χ4n) is 1.77. The van der Waals surface area contributed by atoms with E-state index in [9.17, 15) is 9.59 Å². The predicted octanol–water partition coefficient (Wildman–Crippen LogP) is 3.29. The summed E-state index contributed by atoms with van der Waals surface area (Å²) in [5.74, 6) is -1.35. The lowest BCUT2D eigenvalue weighted by atomic mass is 10.1. The summed E-state index contributed by atoms with van der Waals surface area (Å²) in [7, 11) is 0. The average molecular weight is 325 g/mol. The number of halogens is 1. The third-order valence-electron chi connectivity index (χ3n) is 2.97. The van der Waals surface area contributed by atoms with Crippen LogP contribution < -0.4 is 5.32 Å². The summed E-state index contributed by atoms with van der Waals surface area (Å²) in [6, 6.07) is 4.74. The van der Waals surface area contributed by atoms with Gasteiger partial charge in [0.1, 0.15) is 5.01 Å². The summed E-state index contributed by atoms with van der Waals surface area (Å²) in [4.78, 5) is 27.0. The Morgan fingerprint density at radius 2 is 2.14 bits per heavy atom. The van der Waals surface area contributed by atoms with Crippen molar-refractivity contribution in [3.05, 3.63) is 50.4 Å². The standard InChI is InChI=1S/C14H13ClN2O3S/c1-7-9(4-3-5-10(7)15)12(18)16-8(2)13-17-11(6-21-13)14(19)20/h3-6,8H,1-2H3,(H,16,18)(H,19,20). The molecule has 0 spiro atoms. The largest absolute Gasteiger partial charge is 0.476 e. The van der Waals surface area contributed by atoms with Gasteiger partial charge in [0.15, 0.2) is 5.69 Å². The van der Waals surface area contributed by atoms with Crippen LogP contribution in [0.2, 0.25) is 5.02 Å². The smallest absolute Gasteiger partial charge is 0.355 e. The second-order valence-electron chi connectivity index (χ2n) is 4.48. The maximum atomic E-state index is 12.2. The van der Waals surface area contributed by atoms with Gasteiger partial charge in [0.25, 0.3) is 5.91 Å². The molecule has 110 valence electrons. The molecule has 2 N–H and O–H groups in total. The zero-order valence-electron chi connectivity index (χ0n) is 11.4. The quantitative estimate of drug-likeness (QED) is 0.904. The molecule has 0 bridgehead atoms. The molecule has 5 nitrogen and oxygen atoms in total. The summed E-state index contributed by atoms with van der Waals surface area (Å²) in [6.45, 7) is 3.52. The number of carboxylic acid groups (broad SMARTS) is 1. The van der Waals surface area contributed by atoms with E-state index in [-0.39, 0.29) is 17.6 Å². The first-order valence-electron chi connectivity index (χ1n) is 6.15. The Morgan fingerprint density at radius 3 is 2.76 bits per heavy atom. The van der Waals surface area contributed by atoms with Crippen molar-refractivity contribution < 1.29 is 14.7 Å². The van der Waals surface area contributed by atoms with E-state index in [0.717, 1.165) is 0 Å². The molecule has 0 aliphatic heterocycles. The van der Waals surface area contributed by atoms with Crippen molar-refractivity contribution in [1.82, 2.24) is 10.3 Å². The minimum Gasteiger partial charge on any atom is -0.476 e. The van der Waals surface area contributed by atoms with Crippen LogP contribution in [0.5, 0.6) is 0 Å². The molecule has 1 aromatic heterocycles. The third-order valence-corrected chi connectivity index (χ3v) is 4.41. The fourth-order valence-corrected chi connectivity index (χ4v) is 2.75. The van der Waals surface area contributed by atoms with Crippen molar-refractivity contribution in [3.63, 3.8) is 0 Å². The Balaban J connectivity index is 2.14. The van der Waals surface area contributed by atoms with Gasteiger partial charge >= 0.3 is 5.97 Å². The number of carbonyl (C=O) groups excluding carboxylic acids is 1. The number of carbonyl (C=O) groups is 2. The molecule has 1 aromatic carbocycles. The van der Waals surface area contributed by atoms with Crippen molar-refractivity contribution in [2.45, 2.75) is 19.9 Å². The van der Waals surface area contributed by atoms with Crippen molar-refractivity contribution in [1.29, 1.82) is 0 Å². The molecular formula is C14H13ClN2O3S. The Bertz CT molecular complexity index is 699. The van der Waals surface area contributed by atoms with Gasteiger partial charge in [-0.3, -0.25) is 4.79 Å². The van der Waals surface area contributed by atoms with Crippen LogP contribution in [-0.2, 0) is 0 Å². The highest BCUT2D eigenvalue weighted by molar-refractivity contribution is 7.09. The van der Waals surface area contributed by atoms with E-state index in [1.165, 1.54) is 16.7 Å². The minimum absolute atomic E-state index is 0.0185. The van der Waals surface area contributed by atoms with Gasteiger partial charge in [0.05, 0.1) is 6.04 Å². The molecule has 7 heteroatoms. The molecule has 0 aliphatic rings. The van der Waals surface area contributed by atoms with Gasteiger partial charge in [-0.1, -0.05) is 17.7 Å². The number of benzene rings is 1. The molecule has 0 saturated heterocycles. The molecule has 0 aliphatic carbocycles. The molecule has 1 atom stereocenters. The van der Waals surface area contributed by atoms with Gasteiger partial charge in [0, 0.05) is 16.0 Å². The Labute approximate surface area is 130 Å². The Kier molecular flexibility index (Phi) is 4.59. The maximum absolute atomic E-state index is 12.2. The number of nitrogens with one attached hydrogen (secondary N) is 1. The third kappa shape index (κ3) is 3.40. The number of nitrogens with zero attached hydrogens (tertiary/aromatic N) is 1. The number of hydrogen-bond donors (Lipinski definition) is 2. The molecule has 2 rings (SSSR count). The molecule has 1 amide bonds. The first-order chi connectivity index (χ1) is 9.90. The van der Waals surface area contributed by atoms with Gasteiger partial charge in [-0.15, -0.1) is 11.3 Å². The van der Waals surface area contributed by atoms with Crippen molar-refractivity contribution in [3.8, 4) is 0 Å². The number of rotatable bonds is 4. The topological polar surface area (TPSA) is 79.3 Å². The molecule has 0 radical (unpaired) electrons. The first kappa shape index (κ1) is 15.5. The van der Waals surface area contributed by atoms with Crippen molar-refractivity contribution >= 4 is 34.8 Å². The molecule has 2 aromatic rings. The van der Waals surface area contributed by atoms with E-state index in [1.54, 1.807) is 32.0 Å². The van der Waals surface area contributed by atoms with E-state index in [0.29, 0.717) is 21.2 Å². The minimum atomic E-state index is -1.08. The number of amides is 1. The number of aromatic nitrogens is 1. The van der Waals surface area contributed by atoms with Crippen molar-refractivity contribution in [2.75, 3.05) is 0 Å². The lowest BCUT2D eigenvalue weighted by molar-refractivity contribution is 0.0691. The monoisotopic (exact) mass is 324 g/mol. The molecule has 21 heavy (non-hydrogen) atoms. The summed E-state index contributed by atoms with van der Waals surface area (Å²) < 4.78 is 0. The van der Waals surface area contributed by atoms with E-state index >= 15 is 0 Å².